The molecule has 1 fully saturated rings. The number of hydrogen-bond donors (Lipinski definition) is 1. The molecule has 2 unspecified atom stereocenters. The topological polar surface area (TPSA) is 18.5 Å². The molecule has 0 bridgehead atoms. The summed E-state index contributed by atoms with van der Waals surface area (Å²) >= 11 is 0. The van der Waals surface area contributed by atoms with Crippen LogP contribution >= 0.6 is 0 Å². The lowest BCUT2D eigenvalue weighted by Crippen LogP contribution is -2.51. The van der Waals surface area contributed by atoms with Crippen molar-refractivity contribution in [3.05, 3.63) is 35.4 Å². The summed E-state index contributed by atoms with van der Waals surface area (Å²) in [6.07, 6.45) is 1.18. The van der Waals surface area contributed by atoms with Gasteiger partial charge < -0.3 is 10.2 Å². The Morgan fingerprint density at radius 2 is 1.95 bits per heavy atom. The second-order valence-electron chi connectivity index (χ2n) is 6.51. The molecule has 1 aromatic rings. The molecule has 1 aliphatic rings. The first-order valence-electron chi connectivity index (χ1n) is 8.32. The Labute approximate surface area is 130 Å². The van der Waals surface area contributed by atoms with Crippen LogP contribution in [0.25, 0.3) is 0 Å². The van der Waals surface area contributed by atoms with Crippen molar-refractivity contribution in [1.29, 1.82) is 0 Å². The van der Waals surface area contributed by atoms with Gasteiger partial charge in [0.1, 0.15) is 0 Å². The predicted octanol–water partition coefficient (Wildman–Crippen LogP) is 2.67. The fourth-order valence-electron chi connectivity index (χ4n) is 2.95. The van der Waals surface area contributed by atoms with Crippen molar-refractivity contribution in [2.45, 2.75) is 39.3 Å². The van der Waals surface area contributed by atoms with Gasteiger partial charge in [-0.3, -0.25) is 4.90 Å². The number of hydrogen-bond acceptors (Lipinski definition) is 3. The molecule has 1 N–H and O–H groups in total. The van der Waals surface area contributed by atoms with Gasteiger partial charge in [0.25, 0.3) is 0 Å². The third-order valence-electron chi connectivity index (χ3n) is 4.61. The van der Waals surface area contributed by atoms with E-state index in [2.05, 4.69) is 67.2 Å². The summed E-state index contributed by atoms with van der Waals surface area (Å²) < 4.78 is 0. The van der Waals surface area contributed by atoms with Gasteiger partial charge in [0.2, 0.25) is 0 Å². The summed E-state index contributed by atoms with van der Waals surface area (Å²) in [4.78, 5) is 5.06. The van der Waals surface area contributed by atoms with Gasteiger partial charge in [-0.2, -0.15) is 0 Å². The average molecular weight is 289 g/mol. The number of likely N-dealkylation sites (N-methyl/N-ethyl adjacent to an activating group) is 1. The zero-order valence-electron chi connectivity index (χ0n) is 14.1. The maximum Gasteiger partial charge on any atom is 0.0449 e. The van der Waals surface area contributed by atoms with Crippen LogP contribution in [0.2, 0.25) is 0 Å². The Balaban J connectivity index is 2.00. The summed E-state index contributed by atoms with van der Waals surface area (Å²) in [7, 11) is 2.23. The fourth-order valence-corrected chi connectivity index (χ4v) is 2.95. The van der Waals surface area contributed by atoms with E-state index in [-0.39, 0.29) is 0 Å². The van der Waals surface area contributed by atoms with Crippen molar-refractivity contribution >= 4 is 0 Å². The van der Waals surface area contributed by atoms with Crippen molar-refractivity contribution in [1.82, 2.24) is 15.1 Å². The zero-order valence-corrected chi connectivity index (χ0v) is 14.1. The highest BCUT2D eigenvalue weighted by atomic mass is 15.3. The average Bonchev–Trinajstić information content (AvgIpc) is 2.48. The molecule has 0 radical (unpaired) electrons. The highest BCUT2D eigenvalue weighted by Gasteiger charge is 2.23. The van der Waals surface area contributed by atoms with E-state index in [0.29, 0.717) is 12.1 Å². The van der Waals surface area contributed by atoms with Gasteiger partial charge in [-0.25, -0.2) is 0 Å². The number of aryl methyl sites for hydroxylation is 1. The van der Waals surface area contributed by atoms with Gasteiger partial charge in [0.05, 0.1) is 0 Å². The highest BCUT2D eigenvalue weighted by molar-refractivity contribution is 5.24. The van der Waals surface area contributed by atoms with Crippen LogP contribution in [0.1, 0.15) is 37.4 Å². The molecule has 0 spiro atoms. The van der Waals surface area contributed by atoms with Gasteiger partial charge in [0.15, 0.2) is 0 Å². The Kier molecular flexibility index (Phi) is 6.22. The molecular weight excluding hydrogens is 258 g/mol. The van der Waals surface area contributed by atoms with Crippen molar-refractivity contribution in [2.75, 3.05) is 39.8 Å². The number of nitrogens with zero attached hydrogens (tertiary/aromatic N) is 2. The van der Waals surface area contributed by atoms with E-state index in [1.54, 1.807) is 0 Å². The molecule has 0 aliphatic carbocycles. The Morgan fingerprint density at radius 3 is 2.57 bits per heavy atom. The summed E-state index contributed by atoms with van der Waals surface area (Å²) in [6.45, 7) is 12.4. The van der Waals surface area contributed by atoms with Gasteiger partial charge in [-0.1, -0.05) is 36.8 Å². The fraction of sp³-hybridized carbons (Fsp3) is 0.667. The van der Waals surface area contributed by atoms with Crippen LogP contribution in [-0.4, -0.2) is 55.6 Å². The van der Waals surface area contributed by atoms with Crippen LogP contribution in [0.4, 0.5) is 0 Å². The minimum atomic E-state index is 0.446. The molecule has 3 nitrogen and oxygen atoms in total. The molecule has 1 heterocycles. The van der Waals surface area contributed by atoms with Gasteiger partial charge in [-0.05, 0) is 39.4 Å². The first-order chi connectivity index (χ1) is 10.1. The standard InChI is InChI=1S/C18H31N3/c1-5-10-19-18(17-8-6-15(2)7-9-17)14-21-12-11-20(4)16(3)13-21/h6-9,16,18-19H,5,10-14H2,1-4H3. The molecule has 0 amide bonds. The molecule has 3 heteroatoms. The summed E-state index contributed by atoms with van der Waals surface area (Å²) in [5, 5.41) is 3.72. The van der Waals surface area contributed by atoms with Crippen molar-refractivity contribution in [2.24, 2.45) is 0 Å². The Morgan fingerprint density at radius 1 is 1.24 bits per heavy atom. The Bertz CT molecular complexity index is 415. The minimum absolute atomic E-state index is 0.446. The number of piperazine rings is 1. The van der Waals surface area contributed by atoms with E-state index in [1.807, 2.05) is 0 Å². The highest BCUT2D eigenvalue weighted by Crippen LogP contribution is 2.17. The molecule has 21 heavy (non-hydrogen) atoms. The van der Waals surface area contributed by atoms with Gasteiger partial charge >= 0.3 is 0 Å². The van der Waals surface area contributed by atoms with Crippen LogP contribution in [0, 0.1) is 6.92 Å². The number of benzene rings is 1. The summed E-state index contributed by atoms with van der Waals surface area (Å²) in [6, 6.07) is 10.1. The third-order valence-corrected chi connectivity index (χ3v) is 4.61. The lowest BCUT2D eigenvalue weighted by molar-refractivity contribution is 0.0969. The minimum Gasteiger partial charge on any atom is -0.309 e. The predicted molar refractivity (Wildman–Crippen MR) is 90.7 cm³/mol. The van der Waals surface area contributed by atoms with E-state index in [1.165, 1.54) is 37.2 Å². The van der Waals surface area contributed by atoms with Gasteiger partial charge in [0, 0.05) is 38.3 Å². The SMILES string of the molecule is CCCNC(CN1CCN(C)C(C)C1)c1ccc(C)cc1. The normalized spacial score (nSPS) is 22.4. The van der Waals surface area contributed by atoms with Crippen molar-refractivity contribution < 1.29 is 0 Å². The van der Waals surface area contributed by atoms with E-state index in [9.17, 15) is 0 Å². The van der Waals surface area contributed by atoms with E-state index >= 15 is 0 Å². The third kappa shape index (κ3) is 4.80. The molecule has 118 valence electrons. The largest absolute Gasteiger partial charge is 0.309 e. The van der Waals surface area contributed by atoms with Crippen LogP contribution in [0.3, 0.4) is 0 Å². The van der Waals surface area contributed by atoms with E-state index < -0.39 is 0 Å². The van der Waals surface area contributed by atoms with E-state index in [4.69, 9.17) is 0 Å². The van der Waals surface area contributed by atoms with E-state index in [0.717, 1.165) is 13.1 Å². The van der Waals surface area contributed by atoms with Crippen LogP contribution in [-0.2, 0) is 0 Å². The molecule has 0 aromatic heterocycles. The quantitative estimate of drug-likeness (QED) is 0.868. The first kappa shape index (κ1) is 16.5. The van der Waals surface area contributed by atoms with Crippen molar-refractivity contribution in [3.8, 4) is 0 Å². The smallest absolute Gasteiger partial charge is 0.0449 e. The lowest BCUT2D eigenvalue weighted by atomic mass is 10.0. The summed E-state index contributed by atoms with van der Waals surface area (Å²) in [5.74, 6) is 0. The second-order valence-corrected chi connectivity index (χ2v) is 6.51. The lowest BCUT2D eigenvalue weighted by Gasteiger charge is -2.39. The molecule has 1 saturated heterocycles. The molecule has 1 aromatic carbocycles. The monoisotopic (exact) mass is 289 g/mol. The maximum absolute atomic E-state index is 3.72. The molecule has 1 aliphatic heterocycles. The number of rotatable bonds is 6. The molecule has 2 atom stereocenters. The second kappa shape index (κ2) is 7.92. The number of nitrogens with one attached hydrogen (secondary N) is 1. The Hall–Kier alpha value is -0.900. The molecule has 2 rings (SSSR count). The van der Waals surface area contributed by atoms with Crippen molar-refractivity contribution in [3.63, 3.8) is 0 Å². The molecular formula is C18H31N3. The van der Waals surface area contributed by atoms with Crippen LogP contribution in [0.15, 0.2) is 24.3 Å². The summed E-state index contributed by atoms with van der Waals surface area (Å²) in [5.41, 5.74) is 2.75. The van der Waals surface area contributed by atoms with Crippen LogP contribution < -0.4 is 5.32 Å². The zero-order chi connectivity index (χ0) is 15.2. The molecule has 0 saturated carbocycles. The van der Waals surface area contributed by atoms with Gasteiger partial charge in [-0.15, -0.1) is 0 Å². The first-order valence-corrected chi connectivity index (χ1v) is 8.32. The maximum atomic E-state index is 3.72. The van der Waals surface area contributed by atoms with Crippen LogP contribution in [0.5, 0.6) is 0 Å².